The van der Waals surface area contributed by atoms with Crippen LogP contribution in [0.4, 0.5) is 5.69 Å². The fraction of sp³-hybridized carbons (Fsp3) is 0.125. The Hall–Kier alpha value is -4.04. The number of aromatic nitrogens is 1. The minimum atomic E-state index is -0.965. The molecule has 1 N–H and O–H groups in total. The standard InChI is InChI=1S/C24H17ClN2O6/c1-31-18-10-13(5-7-15(18)25)22(28)20-21(16-4-2-3-9-26-16)27(24(30)23(20)29)14-6-8-17-19(11-14)33-12-32-17/h2-11,21,28H,12H2,1H3/b22-20+. The molecule has 166 valence electrons. The predicted molar refractivity (Wildman–Crippen MR) is 120 cm³/mol. The molecular formula is C24H17ClN2O6. The number of amides is 1. The number of hydrogen-bond donors (Lipinski definition) is 1. The number of hydrogen-bond acceptors (Lipinski definition) is 7. The molecule has 0 saturated carbocycles. The van der Waals surface area contributed by atoms with E-state index >= 15 is 0 Å². The number of rotatable bonds is 4. The molecule has 33 heavy (non-hydrogen) atoms. The largest absolute Gasteiger partial charge is 0.507 e. The summed E-state index contributed by atoms with van der Waals surface area (Å²) in [4.78, 5) is 32.0. The van der Waals surface area contributed by atoms with Crippen LogP contribution in [0, 0.1) is 0 Å². The van der Waals surface area contributed by atoms with Gasteiger partial charge in [0.25, 0.3) is 11.7 Å². The van der Waals surface area contributed by atoms with Crippen molar-refractivity contribution in [3.63, 3.8) is 0 Å². The van der Waals surface area contributed by atoms with Crippen molar-refractivity contribution < 1.29 is 28.9 Å². The normalized spacial score (nSPS) is 18.6. The van der Waals surface area contributed by atoms with Gasteiger partial charge in [0, 0.05) is 23.5 Å². The van der Waals surface area contributed by atoms with Gasteiger partial charge in [0.05, 0.1) is 23.4 Å². The highest BCUT2D eigenvalue weighted by atomic mass is 35.5. The van der Waals surface area contributed by atoms with E-state index in [4.69, 9.17) is 25.8 Å². The van der Waals surface area contributed by atoms with Crippen molar-refractivity contribution >= 4 is 34.7 Å². The Kier molecular flexibility index (Phi) is 5.14. The number of aliphatic hydroxyl groups is 1. The number of halogens is 1. The van der Waals surface area contributed by atoms with Crippen LogP contribution in [0.5, 0.6) is 17.2 Å². The van der Waals surface area contributed by atoms with Gasteiger partial charge in [-0.25, -0.2) is 0 Å². The van der Waals surface area contributed by atoms with Gasteiger partial charge in [-0.15, -0.1) is 0 Å². The minimum absolute atomic E-state index is 0.0691. The minimum Gasteiger partial charge on any atom is -0.507 e. The first-order valence-corrected chi connectivity index (χ1v) is 10.3. The van der Waals surface area contributed by atoms with Crippen molar-refractivity contribution in [2.75, 3.05) is 18.8 Å². The Balaban J connectivity index is 1.70. The van der Waals surface area contributed by atoms with Gasteiger partial charge in [0.2, 0.25) is 6.79 Å². The Labute approximate surface area is 193 Å². The number of pyridine rings is 1. The molecular weight excluding hydrogens is 448 g/mol. The monoisotopic (exact) mass is 464 g/mol. The summed E-state index contributed by atoms with van der Waals surface area (Å²) >= 11 is 6.10. The molecule has 3 aromatic rings. The van der Waals surface area contributed by atoms with E-state index in [1.54, 1.807) is 54.7 Å². The first-order valence-electron chi connectivity index (χ1n) is 9.95. The van der Waals surface area contributed by atoms with Gasteiger partial charge in [-0.1, -0.05) is 17.7 Å². The van der Waals surface area contributed by atoms with Crippen LogP contribution < -0.4 is 19.1 Å². The molecule has 1 saturated heterocycles. The molecule has 0 aliphatic carbocycles. The molecule has 5 rings (SSSR count). The average Bonchev–Trinajstić information content (AvgIpc) is 3.41. The molecule has 9 heteroatoms. The summed E-state index contributed by atoms with van der Waals surface area (Å²) in [6.07, 6.45) is 1.56. The second kappa shape index (κ2) is 8.14. The molecule has 3 heterocycles. The Morgan fingerprint density at radius 2 is 1.94 bits per heavy atom. The van der Waals surface area contributed by atoms with Crippen LogP contribution in [0.1, 0.15) is 17.3 Å². The van der Waals surface area contributed by atoms with Gasteiger partial charge in [0.15, 0.2) is 11.5 Å². The van der Waals surface area contributed by atoms with E-state index in [1.807, 2.05) is 0 Å². The van der Waals surface area contributed by atoms with Crippen LogP contribution in [-0.2, 0) is 9.59 Å². The summed E-state index contributed by atoms with van der Waals surface area (Å²) in [6, 6.07) is 13.7. The molecule has 1 aromatic heterocycles. The Morgan fingerprint density at radius 3 is 2.70 bits per heavy atom. The maximum absolute atomic E-state index is 13.2. The number of carbonyl (C=O) groups excluding carboxylic acids is 2. The van der Waals surface area contributed by atoms with Crippen LogP contribution in [0.15, 0.2) is 66.4 Å². The highest BCUT2D eigenvalue weighted by molar-refractivity contribution is 6.51. The van der Waals surface area contributed by atoms with Crippen molar-refractivity contribution in [2.45, 2.75) is 6.04 Å². The molecule has 2 aliphatic rings. The zero-order chi connectivity index (χ0) is 23.1. The van der Waals surface area contributed by atoms with Gasteiger partial charge in [-0.3, -0.25) is 19.5 Å². The van der Waals surface area contributed by atoms with Gasteiger partial charge in [0.1, 0.15) is 17.6 Å². The smallest absolute Gasteiger partial charge is 0.300 e. The quantitative estimate of drug-likeness (QED) is 0.352. The number of anilines is 1. The molecule has 0 spiro atoms. The highest BCUT2D eigenvalue weighted by Crippen LogP contribution is 2.44. The SMILES string of the molecule is COc1cc(/C(O)=C2\C(=O)C(=O)N(c3ccc4c(c3)OCO4)C2c2ccccn2)ccc1Cl. The number of methoxy groups -OCH3 is 1. The van der Waals surface area contributed by atoms with Gasteiger partial charge < -0.3 is 19.3 Å². The molecule has 1 amide bonds. The third kappa shape index (κ3) is 3.44. The predicted octanol–water partition coefficient (Wildman–Crippen LogP) is 4.10. The molecule has 1 atom stereocenters. The van der Waals surface area contributed by atoms with Crippen LogP contribution in [0.25, 0.3) is 5.76 Å². The van der Waals surface area contributed by atoms with Crippen molar-refractivity contribution in [3.8, 4) is 17.2 Å². The molecule has 1 unspecified atom stereocenters. The number of ether oxygens (including phenoxy) is 3. The lowest BCUT2D eigenvalue weighted by molar-refractivity contribution is -0.132. The molecule has 1 fully saturated rings. The fourth-order valence-electron chi connectivity index (χ4n) is 3.91. The first-order chi connectivity index (χ1) is 16.0. The average molecular weight is 465 g/mol. The van der Waals surface area contributed by atoms with Gasteiger partial charge in [-0.05, 0) is 42.5 Å². The topological polar surface area (TPSA) is 98.2 Å². The van der Waals surface area contributed by atoms with Crippen molar-refractivity contribution in [3.05, 3.63) is 82.6 Å². The lowest BCUT2D eigenvalue weighted by atomic mass is 9.98. The maximum Gasteiger partial charge on any atom is 0.300 e. The number of ketones is 1. The summed E-state index contributed by atoms with van der Waals surface area (Å²) in [5.74, 6) is -0.682. The van der Waals surface area contributed by atoms with Crippen LogP contribution in [0.2, 0.25) is 5.02 Å². The van der Waals surface area contributed by atoms with Crippen LogP contribution in [0.3, 0.4) is 0 Å². The fourth-order valence-corrected chi connectivity index (χ4v) is 4.11. The Morgan fingerprint density at radius 1 is 1.12 bits per heavy atom. The summed E-state index contributed by atoms with van der Waals surface area (Å²) < 4.78 is 16.0. The number of benzene rings is 2. The summed E-state index contributed by atoms with van der Waals surface area (Å²) in [7, 11) is 1.44. The second-order valence-electron chi connectivity index (χ2n) is 7.31. The first kappa shape index (κ1) is 20.8. The van der Waals surface area contributed by atoms with Crippen molar-refractivity contribution in [1.29, 1.82) is 0 Å². The van der Waals surface area contributed by atoms with Gasteiger partial charge in [-0.2, -0.15) is 0 Å². The van der Waals surface area contributed by atoms with E-state index in [1.165, 1.54) is 18.1 Å². The molecule has 2 aliphatic heterocycles. The van der Waals surface area contributed by atoms with Crippen LogP contribution >= 0.6 is 11.6 Å². The van der Waals surface area contributed by atoms with E-state index in [0.29, 0.717) is 33.7 Å². The highest BCUT2D eigenvalue weighted by Gasteiger charge is 2.48. The molecule has 0 bridgehead atoms. The zero-order valence-corrected chi connectivity index (χ0v) is 18.1. The number of carbonyl (C=O) groups is 2. The zero-order valence-electron chi connectivity index (χ0n) is 17.3. The maximum atomic E-state index is 13.2. The third-order valence-corrected chi connectivity index (χ3v) is 5.78. The van der Waals surface area contributed by atoms with E-state index in [0.717, 1.165) is 0 Å². The molecule has 0 radical (unpaired) electrons. The number of fused-ring (bicyclic) bond motifs is 1. The lowest BCUT2D eigenvalue weighted by Gasteiger charge is -2.24. The van der Waals surface area contributed by atoms with E-state index < -0.39 is 17.7 Å². The van der Waals surface area contributed by atoms with E-state index in [9.17, 15) is 14.7 Å². The Bertz CT molecular complexity index is 1310. The summed E-state index contributed by atoms with van der Waals surface area (Å²) in [5.41, 5.74) is 1.00. The molecule has 2 aromatic carbocycles. The second-order valence-corrected chi connectivity index (χ2v) is 7.72. The van der Waals surface area contributed by atoms with Crippen molar-refractivity contribution in [1.82, 2.24) is 4.98 Å². The number of Topliss-reactive ketones (excluding diaryl/α,β-unsaturated/α-hetero) is 1. The van der Waals surface area contributed by atoms with Crippen LogP contribution in [-0.4, -0.2) is 35.7 Å². The summed E-state index contributed by atoms with van der Waals surface area (Å²) in [5, 5.41) is 11.5. The van der Waals surface area contributed by atoms with Crippen molar-refractivity contribution in [2.24, 2.45) is 0 Å². The number of aliphatic hydroxyl groups excluding tert-OH is 1. The number of nitrogens with zero attached hydrogens (tertiary/aromatic N) is 2. The lowest BCUT2D eigenvalue weighted by Crippen LogP contribution is -2.29. The van der Waals surface area contributed by atoms with E-state index in [2.05, 4.69) is 4.98 Å². The van der Waals surface area contributed by atoms with Gasteiger partial charge >= 0.3 is 0 Å². The van der Waals surface area contributed by atoms with E-state index in [-0.39, 0.29) is 23.7 Å². The third-order valence-electron chi connectivity index (χ3n) is 5.47. The molecule has 8 nitrogen and oxygen atoms in total. The summed E-state index contributed by atoms with van der Waals surface area (Å²) in [6.45, 7) is 0.0691.